The van der Waals surface area contributed by atoms with Crippen LogP contribution in [-0.2, 0) is 11.2 Å². The molecule has 1 aromatic heterocycles. The van der Waals surface area contributed by atoms with Gasteiger partial charge in [0.1, 0.15) is 6.04 Å². The van der Waals surface area contributed by atoms with Crippen LogP contribution in [0.1, 0.15) is 43.0 Å². The van der Waals surface area contributed by atoms with Gasteiger partial charge >= 0.3 is 5.97 Å². The zero-order chi connectivity index (χ0) is 13.0. The molecule has 1 rings (SSSR count). The maximum absolute atomic E-state index is 11.1. The van der Waals surface area contributed by atoms with Crippen LogP contribution in [0.4, 0.5) is 0 Å². The molecular formula is C13H21NO2S. The summed E-state index contributed by atoms with van der Waals surface area (Å²) >= 11 is 1.77. The van der Waals surface area contributed by atoms with E-state index in [9.17, 15) is 4.79 Å². The lowest BCUT2D eigenvalue weighted by Gasteiger charge is -2.29. The van der Waals surface area contributed by atoms with E-state index in [2.05, 4.69) is 26.0 Å². The van der Waals surface area contributed by atoms with Crippen molar-refractivity contribution in [2.45, 2.75) is 45.7 Å². The average molecular weight is 255 g/mol. The first-order valence-corrected chi connectivity index (χ1v) is 6.86. The summed E-state index contributed by atoms with van der Waals surface area (Å²) in [6.45, 7) is 6.11. The highest BCUT2D eigenvalue weighted by Crippen LogP contribution is 2.28. The van der Waals surface area contributed by atoms with Gasteiger partial charge in [0.05, 0.1) is 0 Å². The Morgan fingerprint density at radius 1 is 1.47 bits per heavy atom. The lowest BCUT2D eigenvalue weighted by Crippen LogP contribution is -2.39. The third-order valence-electron chi connectivity index (χ3n) is 3.22. The van der Waals surface area contributed by atoms with Crippen molar-refractivity contribution in [2.24, 2.45) is 0 Å². The SMILES string of the molecule is CCc1ccc(C(C)N(C)C(CC)C(=O)O)s1. The summed E-state index contributed by atoms with van der Waals surface area (Å²) in [6, 6.07) is 3.99. The topological polar surface area (TPSA) is 40.5 Å². The fourth-order valence-electron chi connectivity index (χ4n) is 1.92. The fourth-order valence-corrected chi connectivity index (χ4v) is 2.97. The molecule has 0 saturated carbocycles. The van der Waals surface area contributed by atoms with Gasteiger partial charge in [-0.15, -0.1) is 11.3 Å². The fraction of sp³-hybridized carbons (Fsp3) is 0.615. The third kappa shape index (κ3) is 3.30. The lowest BCUT2D eigenvalue weighted by molar-refractivity contribution is -0.143. The van der Waals surface area contributed by atoms with Gasteiger partial charge in [0.15, 0.2) is 0 Å². The van der Waals surface area contributed by atoms with Crippen molar-refractivity contribution in [2.75, 3.05) is 7.05 Å². The van der Waals surface area contributed by atoms with Crippen molar-refractivity contribution in [3.05, 3.63) is 21.9 Å². The van der Waals surface area contributed by atoms with Crippen molar-refractivity contribution >= 4 is 17.3 Å². The Kier molecular flexibility index (Phi) is 5.15. The van der Waals surface area contributed by atoms with E-state index >= 15 is 0 Å². The number of carboxylic acids is 1. The number of nitrogens with zero attached hydrogens (tertiary/aromatic N) is 1. The molecule has 0 aromatic carbocycles. The summed E-state index contributed by atoms with van der Waals surface area (Å²) in [5, 5.41) is 9.15. The molecule has 96 valence electrons. The largest absolute Gasteiger partial charge is 0.480 e. The second-order valence-corrected chi connectivity index (χ2v) is 5.46. The van der Waals surface area contributed by atoms with Gasteiger partial charge < -0.3 is 5.11 Å². The molecule has 2 unspecified atom stereocenters. The van der Waals surface area contributed by atoms with Crippen LogP contribution < -0.4 is 0 Å². The van der Waals surface area contributed by atoms with Crippen LogP contribution in [0.15, 0.2) is 12.1 Å². The van der Waals surface area contributed by atoms with Gasteiger partial charge in [-0.05, 0) is 38.9 Å². The minimum absolute atomic E-state index is 0.154. The van der Waals surface area contributed by atoms with E-state index in [-0.39, 0.29) is 6.04 Å². The average Bonchev–Trinajstić information content (AvgIpc) is 2.76. The highest BCUT2D eigenvalue weighted by Gasteiger charge is 2.25. The van der Waals surface area contributed by atoms with E-state index in [1.54, 1.807) is 11.3 Å². The van der Waals surface area contributed by atoms with Gasteiger partial charge in [-0.3, -0.25) is 9.69 Å². The second kappa shape index (κ2) is 6.17. The van der Waals surface area contributed by atoms with E-state index < -0.39 is 12.0 Å². The first-order chi connectivity index (χ1) is 8.01. The monoisotopic (exact) mass is 255 g/mol. The number of hydrogen-bond acceptors (Lipinski definition) is 3. The zero-order valence-electron chi connectivity index (χ0n) is 10.9. The summed E-state index contributed by atoms with van der Waals surface area (Å²) in [6.07, 6.45) is 1.67. The number of carboxylic acid groups (broad SMARTS) is 1. The Morgan fingerprint density at radius 3 is 2.53 bits per heavy atom. The zero-order valence-corrected chi connectivity index (χ0v) is 11.8. The predicted molar refractivity (Wildman–Crippen MR) is 71.6 cm³/mol. The van der Waals surface area contributed by atoms with E-state index in [1.807, 2.05) is 18.9 Å². The number of likely N-dealkylation sites (N-methyl/N-ethyl adjacent to an activating group) is 1. The molecule has 1 aromatic rings. The predicted octanol–water partition coefficient (Wildman–Crippen LogP) is 3.17. The molecular weight excluding hydrogens is 234 g/mol. The molecule has 0 amide bonds. The van der Waals surface area contributed by atoms with Crippen LogP contribution in [0.25, 0.3) is 0 Å². The van der Waals surface area contributed by atoms with E-state index in [0.717, 1.165) is 6.42 Å². The van der Waals surface area contributed by atoms with Gasteiger partial charge in [0.2, 0.25) is 0 Å². The second-order valence-electron chi connectivity index (χ2n) is 4.26. The van der Waals surface area contributed by atoms with Gasteiger partial charge in [-0.2, -0.15) is 0 Å². The number of carbonyl (C=O) groups is 1. The summed E-state index contributed by atoms with van der Waals surface area (Å²) < 4.78 is 0. The van der Waals surface area contributed by atoms with Crippen LogP contribution in [0.5, 0.6) is 0 Å². The molecule has 3 nitrogen and oxygen atoms in total. The van der Waals surface area contributed by atoms with Gasteiger partial charge in [0.25, 0.3) is 0 Å². The Balaban J connectivity index is 2.80. The van der Waals surface area contributed by atoms with Crippen LogP contribution >= 0.6 is 11.3 Å². The smallest absolute Gasteiger partial charge is 0.320 e. The summed E-state index contributed by atoms with van der Waals surface area (Å²) in [4.78, 5) is 15.7. The molecule has 4 heteroatoms. The van der Waals surface area contributed by atoms with E-state index in [0.29, 0.717) is 6.42 Å². The molecule has 0 aliphatic rings. The first-order valence-electron chi connectivity index (χ1n) is 6.04. The quantitative estimate of drug-likeness (QED) is 0.848. The molecule has 2 atom stereocenters. The maximum atomic E-state index is 11.1. The molecule has 0 radical (unpaired) electrons. The summed E-state index contributed by atoms with van der Waals surface area (Å²) in [7, 11) is 1.89. The van der Waals surface area contributed by atoms with Crippen molar-refractivity contribution < 1.29 is 9.90 Å². The molecule has 0 aliphatic heterocycles. The number of aliphatic carboxylic acids is 1. The Labute approximate surface area is 107 Å². The standard InChI is InChI=1S/C13H21NO2S/c1-5-10-7-8-12(17-10)9(3)14(4)11(6-2)13(15)16/h7-9,11H,5-6H2,1-4H3,(H,15,16). The minimum atomic E-state index is -0.742. The maximum Gasteiger partial charge on any atom is 0.320 e. The number of hydrogen-bond donors (Lipinski definition) is 1. The lowest BCUT2D eigenvalue weighted by atomic mass is 10.1. The van der Waals surface area contributed by atoms with Gasteiger partial charge in [-0.1, -0.05) is 13.8 Å². The molecule has 0 saturated heterocycles. The summed E-state index contributed by atoms with van der Waals surface area (Å²) in [5.74, 6) is -0.742. The number of aryl methyl sites for hydroxylation is 1. The Bertz CT molecular complexity index is 375. The Hall–Kier alpha value is -0.870. The molecule has 0 spiro atoms. The molecule has 1 heterocycles. The highest BCUT2D eigenvalue weighted by atomic mass is 32.1. The normalized spacial score (nSPS) is 14.9. The van der Waals surface area contributed by atoms with Crippen LogP contribution in [0, 0.1) is 0 Å². The molecule has 0 bridgehead atoms. The van der Waals surface area contributed by atoms with Crippen LogP contribution in [0.2, 0.25) is 0 Å². The third-order valence-corrected chi connectivity index (χ3v) is 4.62. The van der Waals surface area contributed by atoms with E-state index in [4.69, 9.17) is 5.11 Å². The van der Waals surface area contributed by atoms with Crippen molar-refractivity contribution in [1.82, 2.24) is 4.90 Å². The van der Waals surface area contributed by atoms with Crippen LogP contribution in [-0.4, -0.2) is 29.1 Å². The van der Waals surface area contributed by atoms with Crippen molar-refractivity contribution in [3.63, 3.8) is 0 Å². The molecule has 0 aliphatic carbocycles. The number of rotatable bonds is 6. The van der Waals surface area contributed by atoms with Gasteiger partial charge in [-0.25, -0.2) is 0 Å². The summed E-state index contributed by atoms with van der Waals surface area (Å²) in [5.41, 5.74) is 0. The molecule has 1 N–H and O–H groups in total. The Morgan fingerprint density at radius 2 is 2.12 bits per heavy atom. The van der Waals surface area contributed by atoms with Crippen molar-refractivity contribution in [1.29, 1.82) is 0 Å². The first kappa shape index (κ1) is 14.2. The van der Waals surface area contributed by atoms with Gasteiger partial charge in [0, 0.05) is 15.8 Å². The highest BCUT2D eigenvalue weighted by molar-refractivity contribution is 7.12. The van der Waals surface area contributed by atoms with Crippen LogP contribution in [0.3, 0.4) is 0 Å². The van der Waals surface area contributed by atoms with Crippen molar-refractivity contribution in [3.8, 4) is 0 Å². The van der Waals surface area contributed by atoms with E-state index in [1.165, 1.54) is 9.75 Å². The molecule has 17 heavy (non-hydrogen) atoms. The number of thiophene rings is 1. The minimum Gasteiger partial charge on any atom is -0.480 e. The molecule has 0 fully saturated rings.